The molecule has 0 saturated carbocycles. The molecule has 0 atom stereocenters. The van der Waals surface area contributed by atoms with Gasteiger partial charge in [0.05, 0.1) is 19.9 Å². The fourth-order valence-electron chi connectivity index (χ4n) is 2.72. The molecule has 6 nitrogen and oxygen atoms in total. The van der Waals surface area contributed by atoms with Crippen LogP contribution in [0.2, 0.25) is 0 Å². The van der Waals surface area contributed by atoms with Crippen LogP contribution in [0.15, 0.2) is 60.8 Å². The van der Waals surface area contributed by atoms with E-state index >= 15 is 0 Å². The van der Waals surface area contributed by atoms with E-state index < -0.39 is 0 Å². The molecule has 0 aliphatic carbocycles. The number of aryl methyl sites for hydroxylation is 1. The van der Waals surface area contributed by atoms with E-state index in [-0.39, 0.29) is 5.91 Å². The summed E-state index contributed by atoms with van der Waals surface area (Å²) in [5.41, 5.74) is 3.81. The van der Waals surface area contributed by atoms with E-state index in [2.05, 4.69) is 34.7 Å². The zero-order valence-corrected chi connectivity index (χ0v) is 16.2. The molecule has 0 bridgehead atoms. The summed E-state index contributed by atoms with van der Waals surface area (Å²) >= 11 is 0. The minimum atomic E-state index is -0.337. The van der Waals surface area contributed by atoms with Crippen molar-refractivity contribution >= 4 is 23.0 Å². The highest BCUT2D eigenvalue weighted by atomic mass is 16.5. The summed E-state index contributed by atoms with van der Waals surface area (Å²) in [5.74, 6) is 0.825. The lowest BCUT2D eigenvalue weighted by molar-refractivity contribution is 0.102. The van der Waals surface area contributed by atoms with Gasteiger partial charge >= 0.3 is 0 Å². The van der Waals surface area contributed by atoms with Crippen molar-refractivity contribution in [3.8, 4) is 11.5 Å². The molecule has 1 heterocycles. The number of amides is 1. The lowest BCUT2D eigenvalue weighted by atomic mass is 10.1. The summed E-state index contributed by atoms with van der Waals surface area (Å²) in [6.45, 7) is 2.12. The van der Waals surface area contributed by atoms with Crippen molar-refractivity contribution in [3.63, 3.8) is 0 Å². The maximum Gasteiger partial charge on any atom is 0.274 e. The molecule has 0 aliphatic rings. The van der Waals surface area contributed by atoms with Gasteiger partial charge in [0.25, 0.3) is 5.91 Å². The number of carbonyl (C=O) groups excluding carboxylic acids is 1. The highest BCUT2D eigenvalue weighted by Gasteiger charge is 2.13. The normalized spacial score (nSPS) is 10.2. The van der Waals surface area contributed by atoms with Crippen molar-refractivity contribution in [1.82, 2.24) is 4.98 Å². The molecule has 1 amide bonds. The Labute approximate surface area is 164 Å². The van der Waals surface area contributed by atoms with Gasteiger partial charge in [0.2, 0.25) is 0 Å². The minimum Gasteiger partial charge on any atom is -0.497 e. The molecule has 28 heavy (non-hydrogen) atoms. The van der Waals surface area contributed by atoms with Crippen LogP contribution < -0.4 is 20.1 Å². The van der Waals surface area contributed by atoms with E-state index in [1.54, 1.807) is 44.7 Å². The molecule has 144 valence electrons. The van der Waals surface area contributed by atoms with Crippen LogP contribution in [0.4, 0.5) is 17.1 Å². The molecule has 0 radical (unpaired) electrons. The topological polar surface area (TPSA) is 72.5 Å². The van der Waals surface area contributed by atoms with Crippen molar-refractivity contribution < 1.29 is 14.3 Å². The monoisotopic (exact) mass is 377 g/mol. The molecule has 0 unspecified atom stereocenters. The summed E-state index contributed by atoms with van der Waals surface area (Å²) in [6, 6.07) is 16.9. The predicted octanol–water partition coefficient (Wildman–Crippen LogP) is 4.66. The van der Waals surface area contributed by atoms with Crippen molar-refractivity contribution in [3.05, 3.63) is 72.1 Å². The fraction of sp³-hybridized carbons (Fsp3) is 0.182. The molecule has 0 aliphatic heterocycles. The van der Waals surface area contributed by atoms with Gasteiger partial charge in [-0.25, -0.2) is 0 Å². The summed E-state index contributed by atoms with van der Waals surface area (Å²) in [7, 11) is 3.11. The maximum atomic E-state index is 12.7. The highest BCUT2D eigenvalue weighted by Crippen LogP contribution is 2.29. The standard InChI is InChI=1S/C22H23N3O3/c1-4-15-5-7-16(8-6-15)24-17-11-12-23-20(13-17)22(26)25-19-14-18(27-2)9-10-21(19)28-3/h5-14H,4H2,1-3H3,(H,23,24)(H,25,26). The number of hydrogen-bond acceptors (Lipinski definition) is 5. The first-order valence-corrected chi connectivity index (χ1v) is 8.98. The average Bonchev–Trinajstić information content (AvgIpc) is 2.74. The molecule has 1 aromatic heterocycles. The van der Waals surface area contributed by atoms with Crippen molar-refractivity contribution in [2.24, 2.45) is 0 Å². The van der Waals surface area contributed by atoms with Gasteiger partial charge in [-0.3, -0.25) is 9.78 Å². The number of rotatable bonds is 7. The largest absolute Gasteiger partial charge is 0.497 e. The number of ether oxygens (including phenoxy) is 2. The van der Waals surface area contributed by atoms with Crippen molar-refractivity contribution in [2.75, 3.05) is 24.9 Å². The number of aromatic nitrogens is 1. The quantitative estimate of drug-likeness (QED) is 0.627. The molecule has 2 N–H and O–H groups in total. The number of anilines is 3. The average molecular weight is 377 g/mol. The van der Waals surface area contributed by atoms with Crippen LogP contribution in [0.5, 0.6) is 11.5 Å². The third-order valence-electron chi connectivity index (χ3n) is 4.30. The van der Waals surface area contributed by atoms with E-state index in [4.69, 9.17) is 9.47 Å². The smallest absolute Gasteiger partial charge is 0.274 e. The molecule has 0 fully saturated rings. The Bertz CT molecular complexity index is 955. The number of pyridine rings is 1. The van der Waals surface area contributed by atoms with Gasteiger partial charge in [0.1, 0.15) is 17.2 Å². The second-order valence-corrected chi connectivity index (χ2v) is 6.13. The number of benzene rings is 2. The van der Waals surface area contributed by atoms with Crippen molar-refractivity contribution in [2.45, 2.75) is 13.3 Å². The third-order valence-corrected chi connectivity index (χ3v) is 4.30. The second kappa shape index (κ2) is 8.90. The van der Waals surface area contributed by atoms with Crippen LogP contribution in [-0.2, 0) is 6.42 Å². The Balaban J connectivity index is 1.76. The van der Waals surface area contributed by atoms with E-state index in [0.29, 0.717) is 22.9 Å². The van der Waals surface area contributed by atoms with Gasteiger partial charge < -0.3 is 20.1 Å². The Morgan fingerprint density at radius 3 is 2.43 bits per heavy atom. The lowest BCUT2D eigenvalue weighted by Gasteiger charge is -2.12. The minimum absolute atomic E-state index is 0.292. The van der Waals surface area contributed by atoms with Crippen molar-refractivity contribution in [1.29, 1.82) is 0 Å². The maximum absolute atomic E-state index is 12.7. The molecule has 2 aromatic carbocycles. The van der Waals surface area contributed by atoms with E-state index in [9.17, 15) is 4.79 Å². The number of nitrogens with zero attached hydrogens (tertiary/aromatic N) is 1. The van der Waals surface area contributed by atoms with Gasteiger partial charge in [-0.1, -0.05) is 19.1 Å². The van der Waals surface area contributed by atoms with Crippen LogP contribution in [-0.4, -0.2) is 25.1 Å². The first-order valence-electron chi connectivity index (χ1n) is 8.98. The van der Waals surface area contributed by atoms with Gasteiger partial charge in [0, 0.05) is 23.6 Å². The lowest BCUT2D eigenvalue weighted by Crippen LogP contribution is -2.14. The molecule has 3 aromatic rings. The van der Waals surface area contributed by atoms with Gasteiger partial charge in [-0.05, 0) is 48.4 Å². The number of hydrogen-bond donors (Lipinski definition) is 2. The summed E-state index contributed by atoms with van der Waals surface area (Å²) in [6.07, 6.45) is 2.59. The van der Waals surface area contributed by atoms with E-state index in [1.165, 1.54) is 5.56 Å². The number of carbonyl (C=O) groups is 1. The van der Waals surface area contributed by atoms with Crippen LogP contribution in [0.3, 0.4) is 0 Å². The molecular formula is C22H23N3O3. The SMILES string of the molecule is CCc1ccc(Nc2ccnc(C(=O)Nc3cc(OC)ccc3OC)c2)cc1. The molecule has 0 spiro atoms. The second-order valence-electron chi connectivity index (χ2n) is 6.13. The van der Waals surface area contributed by atoms with Gasteiger partial charge in [-0.15, -0.1) is 0 Å². The molecule has 0 saturated heterocycles. The summed E-state index contributed by atoms with van der Waals surface area (Å²) < 4.78 is 10.5. The van der Waals surface area contributed by atoms with Gasteiger partial charge in [0.15, 0.2) is 0 Å². The van der Waals surface area contributed by atoms with E-state index in [0.717, 1.165) is 17.8 Å². The number of methoxy groups -OCH3 is 2. The third kappa shape index (κ3) is 4.59. The van der Waals surface area contributed by atoms with Crippen LogP contribution in [0, 0.1) is 0 Å². The van der Waals surface area contributed by atoms with Gasteiger partial charge in [-0.2, -0.15) is 0 Å². The Morgan fingerprint density at radius 1 is 0.964 bits per heavy atom. The first kappa shape index (κ1) is 19.2. The summed E-state index contributed by atoms with van der Waals surface area (Å²) in [5, 5.41) is 6.11. The fourth-order valence-corrected chi connectivity index (χ4v) is 2.72. The Kier molecular flexibility index (Phi) is 6.11. The van der Waals surface area contributed by atoms with Crippen LogP contribution in [0.1, 0.15) is 23.0 Å². The first-order chi connectivity index (χ1) is 13.6. The van der Waals surface area contributed by atoms with E-state index in [1.807, 2.05) is 18.2 Å². The zero-order chi connectivity index (χ0) is 19.9. The molecular weight excluding hydrogens is 354 g/mol. The molecule has 3 rings (SSSR count). The Hall–Kier alpha value is -3.54. The zero-order valence-electron chi connectivity index (χ0n) is 16.2. The Morgan fingerprint density at radius 2 is 1.75 bits per heavy atom. The van der Waals surface area contributed by atoms with Crippen LogP contribution >= 0.6 is 0 Å². The number of nitrogens with one attached hydrogen (secondary N) is 2. The predicted molar refractivity (Wildman–Crippen MR) is 111 cm³/mol. The highest BCUT2D eigenvalue weighted by molar-refractivity contribution is 6.04. The van der Waals surface area contributed by atoms with Crippen LogP contribution in [0.25, 0.3) is 0 Å². The molecule has 6 heteroatoms. The summed E-state index contributed by atoms with van der Waals surface area (Å²) in [4.78, 5) is 16.9.